The van der Waals surface area contributed by atoms with Crippen molar-refractivity contribution in [3.8, 4) is 16.9 Å². The number of fused-ring (bicyclic) bond motifs is 3. The monoisotopic (exact) mass is 902 g/mol. The zero-order chi connectivity index (χ0) is 35.2. The molecule has 0 aliphatic carbocycles. The van der Waals surface area contributed by atoms with Crippen LogP contribution < -0.4 is 9.83 Å². The van der Waals surface area contributed by atoms with E-state index in [1.807, 2.05) is 48.5 Å². The molecule has 0 amide bonds. The van der Waals surface area contributed by atoms with Gasteiger partial charge in [-0.3, -0.25) is 13.7 Å². The van der Waals surface area contributed by atoms with Crippen molar-refractivity contribution in [1.82, 2.24) is 0 Å². The number of aryl methyl sites for hydroxylation is 2. The second-order valence-electron chi connectivity index (χ2n) is 12.9. The largest absolute Gasteiger partial charge is 0.439 e. The van der Waals surface area contributed by atoms with Crippen molar-refractivity contribution in [2.24, 2.45) is 0 Å². The molecule has 0 saturated heterocycles. The zero-order valence-corrected chi connectivity index (χ0v) is 37.4. The van der Waals surface area contributed by atoms with E-state index in [4.69, 9.17) is 4.52 Å². The average Bonchev–Trinajstić information content (AvgIpc) is 3.06. The van der Waals surface area contributed by atoms with Crippen LogP contribution in [0.5, 0.6) is 5.75 Å². The summed E-state index contributed by atoms with van der Waals surface area (Å²) in [4.78, 5) is -0.324. The topological polar surface area (TPSA) is 135 Å². The first-order chi connectivity index (χ1) is 23.3. The summed E-state index contributed by atoms with van der Waals surface area (Å²) in [7, 11) is -11.9. The van der Waals surface area contributed by atoms with Crippen LogP contribution in [0.2, 0.25) is 0 Å². The molecule has 0 aromatic heterocycles. The fourth-order valence-electron chi connectivity index (χ4n) is 6.83. The van der Waals surface area contributed by atoms with E-state index in [9.17, 15) is 30.5 Å². The maximum atomic E-state index is 14.4. The van der Waals surface area contributed by atoms with Crippen molar-refractivity contribution in [3.05, 3.63) is 107 Å². The number of rotatable bonds is 16. The fourth-order valence-corrected chi connectivity index (χ4v) is 11.3. The SMILES string of the molecule is CCC(CCCCCCCCCc1ccc(Cc2ccc(C)c(S(=O)(=O)O)c2)cc1S(=O)(=O)O)P1(=O)Oc2ccccc2-c2ccccc21.[Y].[Y]. The zero-order valence-electron chi connectivity index (χ0n) is 29.2. The van der Waals surface area contributed by atoms with Gasteiger partial charge in [0.25, 0.3) is 27.6 Å². The van der Waals surface area contributed by atoms with Crippen molar-refractivity contribution >= 4 is 32.9 Å². The number of hydrogen-bond acceptors (Lipinski definition) is 6. The maximum Gasteiger partial charge on any atom is 0.294 e. The summed E-state index contributed by atoms with van der Waals surface area (Å²) in [5.74, 6) is 0.696. The second kappa shape index (κ2) is 19.5. The van der Waals surface area contributed by atoms with Crippen molar-refractivity contribution in [1.29, 1.82) is 0 Å². The molecule has 2 atom stereocenters. The van der Waals surface area contributed by atoms with E-state index in [0.29, 0.717) is 34.4 Å². The van der Waals surface area contributed by atoms with Crippen LogP contribution >= 0.6 is 7.37 Å². The van der Waals surface area contributed by atoms with Gasteiger partial charge >= 0.3 is 0 Å². The van der Waals surface area contributed by atoms with Gasteiger partial charge in [-0.1, -0.05) is 106 Å². The van der Waals surface area contributed by atoms with Crippen LogP contribution in [0.1, 0.15) is 87.0 Å². The molecule has 4 aromatic carbocycles. The molecule has 2 radical (unpaired) electrons. The second-order valence-corrected chi connectivity index (χ2v) is 18.3. The van der Waals surface area contributed by atoms with Gasteiger partial charge in [0.2, 0.25) is 0 Å². The summed E-state index contributed by atoms with van der Waals surface area (Å²) >= 11 is 0. The number of benzene rings is 4. The van der Waals surface area contributed by atoms with Gasteiger partial charge in [0, 0.05) is 71.0 Å². The summed E-state index contributed by atoms with van der Waals surface area (Å²) in [6.07, 6.45) is 9.17. The molecule has 1 heterocycles. The Kier molecular flexibility index (Phi) is 17.0. The van der Waals surface area contributed by atoms with Crippen LogP contribution in [0.15, 0.2) is 94.7 Å². The normalized spacial score (nSPS) is 15.8. The number of hydrogen-bond donors (Lipinski definition) is 2. The minimum absolute atomic E-state index is 0. The van der Waals surface area contributed by atoms with Crippen LogP contribution in [0, 0.1) is 6.92 Å². The Morgan fingerprint density at radius 2 is 1.24 bits per heavy atom. The average molecular weight is 903 g/mol. The summed E-state index contributed by atoms with van der Waals surface area (Å²) in [6, 6.07) is 25.3. The summed E-state index contributed by atoms with van der Waals surface area (Å²) in [5, 5.41) is 0.827. The van der Waals surface area contributed by atoms with Gasteiger partial charge in [-0.15, -0.1) is 0 Å². The molecule has 2 N–H and O–H groups in total. The molecule has 0 fully saturated rings. The minimum atomic E-state index is -4.46. The van der Waals surface area contributed by atoms with E-state index in [2.05, 4.69) is 6.92 Å². The van der Waals surface area contributed by atoms with E-state index in [1.54, 1.807) is 31.2 Å². The molecule has 8 nitrogen and oxygen atoms in total. The van der Waals surface area contributed by atoms with Gasteiger partial charge in [-0.05, 0) is 91.1 Å². The van der Waals surface area contributed by atoms with E-state index >= 15 is 0 Å². The number of unbranched alkanes of at least 4 members (excludes halogenated alkanes) is 6. The van der Waals surface area contributed by atoms with Crippen LogP contribution in [0.4, 0.5) is 0 Å². The smallest absolute Gasteiger partial charge is 0.294 e. The van der Waals surface area contributed by atoms with Crippen LogP contribution in [0.3, 0.4) is 0 Å². The van der Waals surface area contributed by atoms with Crippen LogP contribution in [0.25, 0.3) is 11.1 Å². The molecule has 13 heteroatoms. The summed E-state index contributed by atoms with van der Waals surface area (Å²) in [6.45, 7) is 3.67. The van der Waals surface area contributed by atoms with E-state index in [1.165, 1.54) is 12.1 Å². The third-order valence-electron chi connectivity index (χ3n) is 9.43. The Balaban J connectivity index is 0.00000351. The van der Waals surface area contributed by atoms with Crippen molar-refractivity contribution < 1.29 is 100 Å². The first kappa shape index (κ1) is 44.3. The van der Waals surface area contributed by atoms with Gasteiger partial charge in [0.15, 0.2) is 0 Å². The Morgan fingerprint density at radius 1 is 0.686 bits per heavy atom. The van der Waals surface area contributed by atoms with Crippen LogP contribution in [-0.4, -0.2) is 31.6 Å². The molecule has 1 aliphatic rings. The summed E-state index contributed by atoms with van der Waals surface area (Å²) < 4.78 is 88.1. The van der Waals surface area contributed by atoms with Gasteiger partial charge in [-0.25, -0.2) is 0 Å². The molecular formula is C38H45O8PS2Y2. The molecule has 0 spiro atoms. The van der Waals surface area contributed by atoms with E-state index < -0.39 is 27.6 Å². The minimum Gasteiger partial charge on any atom is -0.439 e. The summed E-state index contributed by atoms with van der Waals surface area (Å²) in [5.41, 5.74) is 4.09. The Bertz CT molecular complexity index is 2070. The molecule has 1 aliphatic heterocycles. The van der Waals surface area contributed by atoms with Crippen molar-refractivity contribution in [3.63, 3.8) is 0 Å². The molecule has 2 unspecified atom stereocenters. The van der Waals surface area contributed by atoms with E-state index in [-0.39, 0.29) is 87.3 Å². The molecule has 0 bridgehead atoms. The Labute approximate surface area is 353 Å². The Morgan fingerprint density at radius 3 is 1.88 bits per heavy atom. The van der Waals surface area contributed by atoms with Gasteiger partial charge < -0.3 is 4.52 Å². The predicted octanol–water partition coefficient (Wildman–Crippen LogP) is 9.18. The van der Waals surface area contributed by atoms with Gasteiger partial charge in [0.05, 0.1) is 20.8 Å². The van der Waals surface area contributed by atoms with Gasteiger partial charge in [0.1, 0.15) is 5.75 Å². The van der Waals surface area contributed by atoms with E-state index in [0.717, 1.165) is 74.2 Å². The third-order valence-corrected chi connectivity index (χ3v) is 14.5. The van der Waals surface area contributed by atoms with Crippen LogP contribution in [-0.2, 0) is 103 Å². The molecule has 4 aromatic rings. The Hall–Kier alpha value is -1.06. The van der Waals surface area contributed by atoms with Gasteiger partial charge in [-0.2, -0.15) is 16.8 Å². The van der Waals surface area contributed by atoms with Crippen molar-refractivity contribution in [2.45, 2.75) is 99.9 Å². The molecular weight excluding hydrogens is 857 g/mol. The molecule has 51 heavy (non-hydrogen) atoms. The predicted molar refractivity (Wildman–Crippen MR) is 195 cm³/mol. The standard InChI is InChI=1S/C38H45O8PS2.2Y/c1-3-32(47(39)36-20-14-12-18-34(36)33-17-11-13-19-35(33)46-47)16-10-8-6-4-5-7-9-15-31-24-23-30(27-38(31)49(43,44)45)25-29-22-21-28(2)37(26-29)48(40,41)42;;/h11-14,17-24,26-27,32H,3-10,15-16,25H2,1-2H3,(H,40,41,42)(H,43,44,45);;. The van der Waals surface area contributed by atoms with Crippen molar-refractivity contribution in [2.75, 3.05) is 0 Å². The quantitative estimate of drug-likeness (QED) is 0.0646. The first-order valence-corrected chi connectivity index (χ1v) is 21.5. The maximum absolute atomic E-state index is 14.4. The molecule has 268 valence electrons. The number of para-hydroxylation sites is 1. The molecule has 5 rings (SSSR count). The third kappa shape index (κ3) is 11.2. The first-order valence-electron chi connectivity index (χ1n) is 17.0. The fraction of sp³-hybridized carbons (Fsp3) is 0.368. The molecule has 0 saturated carbocycles.